The lowest BCUT2D eigenvalue weighted by atomic mass is 10.1. The number of hydrogen-bond donors (Lipinski definition) is 3. The van der Waals surface area contributed by atoms with Gasteiger partial charge in [0.2, 0.25) is 0 Å². The van der Waals surface area contributed by atoms with E-state index in [1.165, 1.54) is 4.90 Å². The van der Waals surface area contributed by atoms with Crippen molar-refractivity contribution in [3.63, 3.8) is 0 Å². The van der Waals surface area contributed by atoms with Crippen LogP contribution in [0, 0.1) is 0 Å². The molecule has 0 radical (unpaired) electrons. The van der Waals surface area contributed by atoms with Crippen molar-refractivity contribution < 1.29 is 24.5 Å². The van der Waals surface area contributed by atoms with E-state index >= 15 is 0 Å². The Bertz CT molecular complexity index is 329. The number of carbonyl (C=O) groups excluding carboxylic acids is 1. The molecule has 0 aromatic heterocycles. The van der Waals surface area contributed by atoms with Gasteiger partial charge in [-0.3, -0.25) is 0 Å². The molecular weight excluding hydrogens is 240 g/mol. The molecule has 102 valence electrons. The summed E-state index contributed by atoms with van der Waals surface area (Å²) in [6.07, 6.45) is 1.04. The molecule has 0 aromatic rings. The Labute approximate surface area is 105 Å². The number of rotatable bonds is 2. The van der Waals surface area contributed by atoms with Gasteiger partial charge in [-0.1, -0.05) is 0 Å². The van der Waals surface area contributed by atoms with E-state index in [9.17, 15) is 14.7 Å². The van der Waals surface area contributed by atoms with E-state index in [1.54, 1.807) is 0 Å². The maximum absolute atomic E-state index is 12.0. The first-order chi connectivity index (χ1) is 8.58. The van der Waals surface area contributed by atoms with E-state index in [1.807, 2.05) is 0 Å². The van der Waals surface area contributed by atoms with Gasteiger partial charge in [0.15, 0.2) is 0 Å². The van der Waals surface area contributed by atoms with Crippen LogP contribution in [0.1, 0.15) is 19.3 Å². The molecule has 2 saturated heterocycles. The van der Waals surface area contributed by atoms with Gasteiger partial charge in [0.1, 0.15) is 6.04 Å². The van der Waals surface area contributed by atoms with Crippen molar-refractivity contribution >= 4 is 12.0 Å². The van der Waals surface area contributed by atoms with Crippen molar-refractivity contribution in [3.05, 3.63) is 0 Å². The smallest absolute Gasteiger partial charge is 0.326 e. The number of aliphatic carboxylic acids is 1. The summed E-state index contributed by atoms with van der Waals surface area (Å²) in [5.74, 6) is -1.08. The zero-order chi connectivity index (χ0) is 13.1. The quantitative estimate of drug-likeness (QED) is 0.614. The Hall–Kier alpha value is -1.34. The third-order valence-corrected chi connectivity index (χ3v) is 3.31. The average Bonchev–Trinajstić information content (AvgIpc) is 2.73. The molecule has 7 nitrogen and oxygen atoms in total. The molecular formula is C11H18N2O5. The van der Waals surface area contributed by atoms with E-state index in [-0.39, 0.29) is 19.0 Å². The number of ether oxygens (including phenoxy) is 1. The van der Waals surface area contributed by atoms with Crippen molar-refractivity contribution in [2.75, 3.05) is 19.8 Å². The molecule has 3 N–H and O–H groups in total. The summed E-state index contributed by atoms with van der Waals surface area (Å²) in [6, 6.07) is -1.45. The number of nitrogens with one attached hydrogen (secondary N) is 1. The van der Waals surface area contributed by atoms with Gasteiger partial charge in [-0.25, -0.2) is 9.59 Å². The lowest BCUT2D eigenvalue weighted by Crippen LogP contribution is -2.51. The Balaban J connectivity index is 1.92. The number of nitrogens with zero attached hydrogens (tertiary/aromatic N) is 1. The Kier molecular flexibility index (Phi) is 4.03. The number of aliphatic hydroxyl groups is 1. The van der Waals surface area contributed by atoms with Crippen LogP contribution < -0.4 is 5.32 Å². The van der Waals surface area contributed by atoms with Gasteiger partial charge < -0.3 is 25.2 Å². The Morgan fingerprint density at radius 1 is 1.39 bits per heavy atom. The highest BCUT2D eigenvalue weighted by Gasteiger charge is 2.39. The predicted octanol–water partition coefficient (Wildman–Crippen LogP) is -0.605. The van der Waals surface area contributed by atoms with Crippen LogP contribution >= 0.6 is 0 Å². The van der Waals surface area contributed by atoms with Crippen LogP contribution in [0.5, 0.6) is 0 Å². The van der Waals surface area contributed by atoms with Crippen LogP contribution in [0.25, 0.3) is 0 Å². The summed E-state index contributed by atoms with van der Waals surface area (Å²) in [5, 5.41) is 21.2. The molecule has 3 atom stereocenters. The van der Waals surface area contributed by atoms with Crippen molar-refractivity contribution in [2.24, 2.45) is 0 Å². The lowest BCUT2D eigenvalue weighted by molar-refractivity contribution is -0.141. The monoisotopic (exact) mass is 258 g/mol. The highest BCUT2D eigenvalue weighted by Crippen LogP contribution is 2.18. The maximum atomic E-state index is 12.0. The third-order valence-electron chi connectivity index (χ3n) is 3.31. The van der Waals surface area contributed by atoms with E-state index in [2.05, 4.69) is 5.32 Å². The molecule has 2 rings (SSSR count). The molecule has 2 heterocycles. The molecule has 0 aromatic carbocycles. The van der Waals surface area contributed by atoms with Crippen molar-refractivity contribution in [1.29, 1.82) is 0 Å². The zero-order valence-corrected chi connectivity index (χ0v) is 10.0. The van der Waals surface area contributed by atoms with Gasteiger partial charge in [0, 0.05) is 19.6 Å². The minimum Gasteiger partial charge on any atom is -0.480 e. The fraction of sp³-hybridized carbons (Fsp3) is 0.818. The molecule has 2 amide bonds. The fourth-order valence-corrected chi connectivity index (χ4v) is 2.38. The second-order valence-electron chi connectivity index (χ2n) is 4.76. The summed E-state index contributed by atoms with van der Waals surface area (Å²) in [5.41, 5.74) is 0. The normalized spacial score (nSPS) is 32.3. The van der Waals surface area contributed by atoms with Crippen LogP contribution in [-0.2, 0) is 9.53 Å². The number of β-amino-alcohol motifs (C(OH)–C–C–N with tert-alkyl or cyclic N) is 1. The standard InChI is InChI=1S/C11H18N2O5/c14-8-4-9(10(15)16)13(5-8)11(17)12-7-2-1-3-18-6-7/h7-9,14H,1-6H2,(H,12,17)(H,15,16). The number of carboxylic acid groups (broad SMARTS) is 1. The fourth-order valence-electron chi connectivity index (χ4n) is 2.38. The largest absolute Gasteiger partial charge is 0.480 e. The van der Waals surface area contributed by atoms with Crippen LogP contribution in [-0.4, -0.2) is 65.1 Å². The summed E-state index contributed by atoms with van der Waals surface area (Å²) in [4.78, 5) is 24.1. The maximum Gasteiger partial charge on any atom is 0.326 e. The Morgan fingerprint density at radius 3 is 2.78 bits per heavy atom. The number of hydrogen-bond acceptors (Lipinski definition) is 4. The van der Waals surface area contributed by atoms with Crippen LogP contribution in [0.2, 0.25) is 0 Å². The molecule has 0 saturated carbocycles. The van der Waals surface area contributed by atoms with Crippen molar-refractivity contribution in [1.82, 2.24) is 10.2 Å². The number of carbonyl (C=O) groups is 2. The predicted molar refractivity (Wildman–Crippen MR) is 61.1 cm³/mol. The summed E-state index contributed by atoms with van der Waals surface area (Å²) >= 11 is 0. The topological polar surface area (TPSA) is 99.1 Å². The molecule has 0 aliphatic carbocycles. The molecule has 18 heavy (non-hydrogen) atoms. The van der Waals surface area contributed by atoms with Crippen LogP contribution in [0.4, 0.5) is 4.79 Å². The lowest BCUT2D eigenvalue weighted by Gasteiger charge is -2.27. The van der Waals surface area contributed by atoms with Gasteiger partial charge >= 0.3 is 12.0 Å². The van der Waals surface area contributed by atoms with Crippen LogP contribution in [0.3, 0.4) is 0 Å². The number of urea groups is 1. The summed E-state index contributed by atoms with van der Waals surface area (Å²) in [7, 11) is 0. The molecule has 0 bridgehead atoms. The number of aliphatic hydroxyl groups excluding tert-OH is 1. The van der Waals surface area contributed by atoms with E-state index in [0.717, 1.165) is 12.8 Å². The van der Waals surface area contributed by atoms with Crippen LogP contribution in [0.15, 0.2) is 0 Å². The number of carboxylic acids is 1. The zero-order valence-electron chi connectivity index (χ0n) is 10.0. The molecule has 2 aliphatic heterocycles. The summed E-state index contributed by atoms with van der Waals surface area (Å²) < 4.78 is 5.24. The highest BCUT2D eigenvalue weighted by atomic mass is 16.5. The van der Waals surface area contributed by atoms with Gasteiger partial charge in [-0.05, 0) is 12.8 Å². The first-order valence-corrected chi connectivity index (χ1v) is 6.13. The van der Waals surface area contributed by atoms with E-state index < -0.39 is 24.1 Å². The molecule has 7 heteroatoms. The van der Waals surface area contributed by atoms with E-state index in [0.29, 0.717) is 13.2 Å². The summed E-state index contributed by atoms with van der Waals surface area (Å²) in [6.45, 7) is 1.22. The average molecular weight is 258 g/mol. The molecule has 2 fully saturated rings. The first-order valence-electron chi connectivity index (χ1n) is 6.13. The van der Waals surface area contributed by atoms with Gasteiger partial charge in [0.25, 0.3) is 0 Å². The minimum atomic E-state index is -1.08. The van der Waals surface area contributed by atoms with Crippen molar-refractivity contribution in [3.8, 4) is 0 Å². The second kappa shape index (κ2) is 5.53. The minimum absolute atomic E-state index is 0.0659. The molecule has 2 aliphatic rings. The van der Waals surface area contributed by atoms with Crippen molar-refractivity contribution in [2.45, 2.75) is 37.5 Å². The number of amides is 2. The van der Waals surface area contributed by atoms with Gasteiger partial charge in [-0.15, -0.1) is 0 Å². The molecule has 0 spiro atoms. The SMILES string of the molecule is O=C(O)C1CC(O)CN1C(=O)NC1CCCOC1. The second-order valence-corrected chi connectivity index (χ2v) is 4.76. The first kappa shape index (κ1) is 13.1. The van der Waals surface area contributed by atoms with E-state index in [4.69, 9.17) is 9.84 Å². The highest BCUT2D eigenvalue weighted by molar-refractivity contribution is 5.83. The van der Waals surface area contributed by atoms with Gasteiger partial charge in [0.05, 0.1) is 18.8 Å². The van der Waals surface area contributed by atoms with Gasteiger partial charge in [-0.2, -0.15) is 0 Å². The Morgan fingerprint density at radius 2 is 2.17 bits per heavy atom. The molecule has 3 unspecified atom stereocenters. The number of likely N-dealkylation sites (tertiary alicyclic amines) is 1. The third kappa shape index (κ3) is 2.91.